The Bertz CT molecular complexity index is 1010. The molecule has 1 aliphatic heterocycles. The zero-order valence-electron chi connectivity index (χ0n) is 17.6. The molecule has 30 heavy (non-hydrogen) atoms. The minimum atomic E-state index is -3.20. The lowest BCUT2D eigenvalue weighted by atomic mass is 10.1. The van der Waals surface area contributed by atoms with E-state index in [1.54, 1.807) is 13.1 Å². The second kappa shape index (κ2) is 10.8. The quantitative estimate of drug-likeness (QED) is 0.255. The standard InChI is InChI=1S/C22H28N4O2S.HI/c1-17-14-19(8-11-21(17)29(3,27)28)16-25-22(23-2)24-15-18-6-9-20(10-7-18)26-12-4-5-13-26;/h4-11,14H,12-13,15-16H2,1-3H3,(H2,23,24,25);1H. The largest absolute Gasteiger partial charge is 0.364 e. The van der Waals surface area contributed by atoms with Crippen molar-refractivity contribution in [3.63, 3.8) is 0 Å². The molecule has 0 aromatic heterocycles. The zero-order chi connectivity index (χ0) is 20.9. The number of sulfone groups is 1. The highest BCUT2D eigenvalue weighted by Gasteiger charge is 2.11. The number of hydrogen-bond acceptors (Lipinski definition) is 4. The maximum absolute atomic E-state index is 11.7. The van der Waals surface area contributed by atoms with Gasteiger partial charge in [0.25, 0.3) is 0 Å². The van der Waals surface area contributed by atoms with Crippen LogP contribution >= 0.6 is 24.0 Å². The molecular formula is C22H29IN4O2S. The Labute approximate surface area is 196 Å². The normalized spacial score (nSPS) is 13.8. The number of rotatable bonds is 6. The molecular weight excluding hydrogens is 511 g/mol. The fourth-order valence-corrected chi connectivity index (χ4v) is 4.30. The lowest BCUT2D eigenvalue weighted by Crippen LogP contribution is -2.36. The van der Waals surface area contributed by atoms with Gasteiger partial charge in [-0.3, -0.25) is 4.99 Å². The molecule has 0 radical (unpaired) electrons. The van der Waals surface area contributed by atoms with Crippen LogP contribution in [0.15, 0.2) is 64.5 Å². The fraction of sp³-hybridized carbons (Fsp3) is 0.318. The molecule has 3 rings (SSSR count). The topological polar surface area (TPSA) is 73.8 Å². The third kappa shape index (κ3) is 6.46. The average molecular weight is 540 g/mol. The van der Waals surface area contributed by atoms with Crippen LogP contribution in [0.2, 0.25) is 0 Å². The molecule has 0 fully saturated rings. The predicted molar refractivity (Wildman–Crippen MR) is 135 cm³/mol. The van der Waals surface area contributed by atoms with Gasteiger partial charge >= 0.3 is 0 Å². The first-order valence-electron chi connectivity index (χ1n) is 9.60. The number of benzene rings is 2. The van der Waals surface area contributed by atoms with Crippen molar-refractivity contribution in [3.05, 3.63) is 71.3 Å². The molecule has 0 unspecified atom stereocenters. The van der Waals surface area contributed by atoms with Gasteiger partial charge in [-0.2, -0.15) is 0 Å². The van der Waals surface area contributed by atoms with E-state index < -0.39 is 9.84 Å². The third-order valence-corrected chi connectivity index (χ3v) is 6.16. The molecule has 0 aliphatic carbocycles. The summed E-state index contributed by atoms with van der Waals surface area (Å²) in [5.41, 5.74) is 4.16. The Morgan fingerprint density at radius 1 is 1.00 bits per heavy atom. The van der Waals surface area contributed by atoms with E-state index in [2.05, 4.69) is 56.9 Å². The molecule has 0 spiro atoms. The van der Waals surface area contributed by atoms with Gasteiger partial charge in [0.1, 0.15) is 0 Å². The van der Waals surface area contributed by atoms with Crippen LogP contribution < -0.4 is 15.5 Å². The van der Waals surface area contributed by atoms with E-state index in [9.17, 15) is 8.42 Å². The van der Waals surface area contributed by atoms with E-state index in [1.165, 1.54) is 17.5 Å². The minimum absolute atomic E-state index is 0. The summed E-state index contributed by atoms with van der Waals surface area (Å²) in [6, 6.07) is 13.9. The first kappa shape index (κ1) is 24.2. The van der Waals surface area contributed by atoms with Gasteiger partial charge < -0.3 is 15.5 Å². The maximum atomic E-state index is 11.7. The molecule has 0 amide bonds. The van der Waals surface area contributed by atoms with Crippen LogP contribution in [0, 0.1) is 6.92 Å². The van der Waals surface area contributed by atoms with Crippen LogP contribution in [0.25, 0.3) is 0 Å². The van der Waals surface area contributed by atoms with Crippen LogP contribution in [-0.4, -0.2) is 40.8 Å². The molecule has 2 aromatic rings. The van der Waals surface area contributed by atoms with Crippen LogP contribution in [0.4, 0.5) is 5.69 Å². The summed E-state index contributed by atoms with van der Waals surface area (Å²) in [6.45, 7) is 4.99. The molecule has 0 bridgehead atoms. The van der Waals surface area contributed by atoms with Gasteiger partial charge in [0.15, 0.2) is 15.8 Å². The van der Waals surface area contributed by atoms with Crippen molar-refractivity contribution in [1.82, 2.24) is 10.6 Å². The van der Waals surface area contributed by atoms with Gasteiger partial charge in [0.2, 0.25) is 0 Å². The Hall–Kier alpha value is -2.07. The smallest absolute Gasteiger partial charge is 0.191 e. The summed E-state index contributed by atoms with van der Waals surface area (Å²) >= 11 is 0. The van der Waals surface area contributed by atoms with Crippen LogP contribution in [0.3, 0.4) is 0 Å². The lowest BCUT2D eigenvalue weighted by molar-refractivity contribution is 0.601. The van der Waals surface area contributed by atoms with Gasteiger partial charge in [-0.05, 0) is 41.8 Å². The number of anilines is 1. The molecule has 0 saturated carbocycles. The molecule has 0 atom stereocenters. The van der Waals surface area contributed by atoms with E-state index in [4.69, 9.17) is 0 Å². The highest BCUT2D eigenvalue weighted by molar-refractivity contribution is 14.0. The third-order valence-electron chi connectivity index (χ3n) is 4.90. The van der Waals surface area contributed by atoms with Crippen molar-refractivity contribution in [2.75, 3.05) is 31.3 Å². The minimum Gasteiger partial charge on any atom is -0.364 e. The summed E-state index contributed by atoms with van der Waals surface area (Å²) in [5.74, 6) is 0.697. The second-order valence-corrected chi connectivity index (χ2v) is 9.18. The number of guanidine groups is 1. The first-order valence-corrected chi connectivity index (χ1v) is 11.5. The van der Waals surface area contributed by atoms with Crippen molar-refractivity contribution in [2.45, 2.75) is 24.9 Å². The number of aryl methyl sites for hydroxylation is 1. The molecule has 1 heterocycles. The number of hydrogen-bond donors (Lipinski definition) is 2. The Balaban J connectivity index is 0.00000320. The summed E-state index contributed by atoms with van der Waals surface area (Å²) in [6.07, 6.45) is 5.59. The molecule has 8 heteroatoms. The highest BCUT2D eigenvalue weighted by atomic mass is 127. The van der Waals surface area contributed by atoms with Gasteiger partial charge in [-0.15, -0.1) is 24.0 Å². The van der Waals surface area contributed by atoms with Gasteiger partial charge in [-0.25, -0.2) is 8.42 Å². The van der Waals surface area contributed by atoms with Crippen molar-refractivity contribution < 1.29 is 8.42 Å². The summed E-state index contributed by atoms with van der Waals surface area (Å²) in [7, 11) is -1.46. The Morgan fingerprint density at radius 2 is 1.57 bits per heavy atom. The van der Waals surface area contributed by atoms with E-state index in [0.717, 1.165) is 24.2 Å². The predicted octanol–water partition coefficient (Wildman–Crippen LogP) is 3.26. The van der Waals surface area contributed by atoms with Gasteiger partial charge in [0, 0.05) is 45.2 Å². The van der Waals surface area contributed by atoms with E-state index in [1.807, 2.05) is 19.1 Å². The van der Waals surface area contributed by atoms with Crippen molar-refractivity contribution in [3.8, 4) is 0 Å². The monoisotopic (exact) mass is 540 g/mol. The number of nitrogens with zero attached hydrogens (tertiary/aromatic N) is 2. The first-order chi connectivity index (χ1) is 13.9. The lowest BCUT2D eigenvalue weighted by Gasteiger charge is -2.18. The number of nitrogens with one attached hydrogen (secondary N) is 2. The SMILES string of the molecule is CN=C(NCc1ccc(N2CC=CC2)cc1)NCc1ccc(S(C)(=O)=O)c(C)c1.I. The van der Waals surface area contributed by atoms with Crippen molar-refractivity contribution >= 4 is 45.5 Å². The average Bonchev–Trinajstić information content (AvgIpc) is 3.22. The summed E-state index contributed by atoms with van der Waals surface area (Å²) < 4.78 is 23.5. The molecule has 1 aliphatic rings. The highest BCUT2D eigenvalue weighted by Crippen LogP contribution is 2.18. The number of halogens is 1. The van der Waals surface area contributed by atoms with E-state index >= 15 is 0 Å². The summed E-state index contributed by atoms with van der Waals surface area (Å²) in [4.78, 5) is 6.95. The van der Waals surface area contributed by atoms with Crippen molar-refractivity contribution in [1.29, 1.82) is 0 Å². The van der Waals surface area contributed by atoms with E-state index in [-0.39, 0.29) is 24.0 Å². The Morgan fingerprint density at radius 3 is 2.10 bits per heavy atom. The molecule has 2 N–H and O–H groups in total. The maximum Gasteiger partial charge on any atom is 0.191 e. The van der Waals surface area contributed by atoms with Crippen LogP contribution in [-0.2, 0) is 22.9 Å². The Kier molecular flexibility index (Phi) is 8.72. The molecule has 0 saturated heterocycles. The summed E-state index contributed by atoms with van der Waals surface area (Å²) in [5, 5.41) is 6.58. The van der Waals surface area contributed by atoms with Gasteiger partial charge in [-0.1, -0.05) is 36.4 Å². The van der Waals surface area contributed by atoms with Crippen molar-refractivity contribution in [2.24, 2.45) is 4.99 Å². The van der Waals surface area contributed by atoms with E-state index in [0.29, 0.717) is 23.9 Å². The van der Waals surface area contributed by atoms with Crippen LogP contribution in [0.5, 0.6) is 0 Å². The zero-order valence-corrected chi connectivity index (χ0v) is 20.7. The second-order valence-electron chi connectivity index (χ2n) is 7.19. The molecule has 162 valence electrons. The molecule has 2 aromatic carbocycles. The van der Waals surface area contributed by atoms with Crippen LogP contribution in [0.1, 0.15) is 16.7 Å². The van der Waals surface area contributed by atoms with Gasteiger partial charge in [0.05, 0.1) is 4.90 Å². The fourth-order valence-electron chi connectivity index (χ4n) is 3.34. The molecule has 6 nitrogen and oxygen atoms in total. The number of aliphatic imine (C=N–C) groups is 1.